The number of amides is 4. The standard InChI is InChI=1S/C28H29ClN4O5/c29-22-9-4-5-10-23(22)33-28(38)30-16-6-11-25(34)31-18-26(35)32-24(17-27(36)37)21-14-12-20(13-15-21)19-7-2-1-3-8-19/h1-5,7-10,12-15,24H,6,11,16-18H2,(H,31,34)(H,32,35)(H,36,37)(H2,30,33,38). The van der Waals surface area contributed by atoms with Crippen LogP contribution in [0.1, 0.15) is 30.9 Å². The van der Waals surface area contributed by atoms with E-state index in [2.05, 4.69) is 21.3 Å². The lowest BCUT2D eigenvalue weighted by atomic mass is 9.99. The van der Waals surface area contributed by atoms with Crippen LogP contribution in [0, 0.1) is 0 Å². The number of urea groups is 1. The van der Waals surface area contributed by atoms with Crippen LogP contribution in [-0.2, 0) is 14.4 Å². The van der Waals surface area contributed by atoms with E-state index in [-0.39, 0.29) is 31.8 Å². The fraction of sp³-hybridized carbons (Fsp3) is 0.214. The van der Waals surface area contributed by atoms with Crippen molar-refractivity contribution in [3.8, 4) is 11.1 Å². The molecule has 0 spiro atoms. The third-order valence-electron chi connectivity index (χ3n) is 5.57. The molecule has 3 aromatic rings. The molecule has 3 aromatic carbocycles. The minimum Gasteiger partial charge on any atom is -0.481 e. The summed E-state index contributed by atoms with van der Waals surface area (Å²) in [6, 6.07) is 22.7. The fourth-order valence-electron chi connectivity index (χ4n) is 3.66. The molecule has 0 fully saturated rings. The van der Waals surface area contributed by atoms with Crippen LogP contribution in [0.25, 0.3) is 11.1 Å². The smallest absolute Gasteiger partial charge is 0.319 e. The van der Waals surface area contributed by atoms with Crippen LogP contribution in [-0.4, -0.2) is 42.0 Å². The highest BCUT2D eigenvalue weighted by molar-refractivity contribution is 6.33. The Morgan fingerprint density at radius 2 is 1.45 bits per heavy atom. The summed E-state index contributed by atoms with van der Waals surface area (Å²) >= 11 is 5.99. The molecule has 0 aromatic heterocycles. The number of carboxylic acids is 1. The lowest BCUT2D eigenvalue weighted by molar-refractivity contribution is -0.138. The number of rotatable bonds is 12. The monoisotopic (exact) mass is 536 g/mol. The minimum atomic E-state index is -1.06. The molecule has 1 unspecified atom stereocenters. The van der Waals surface area contributed by atoms with Gasteiger partial charge >= 0.3 is 12.0 Å². The Morgan fingerprint density at radius 1 is 0.789 bits per heavy atom. The van der Waals surface area contributed by atoms with Gasteiger partial charge in [-0.25, -0.2) is 4.79 Å². The highest BCUT2D eigenvalue weighted by Gasteiger charge is 2.18. The molecule has 38 heavy (non-hydrogen) atoms. The Morgan fingerprint density at radius 3 is 2.13 bits per heavy atom. The topological polar surface area (TPSA) is 137 Å². The molecule has 0 aliphatic carbocycles. The third kappa shape index (κ3) is 9.25. The molecule has 0 saturated heterocycles. The number of carboxylic acid groups (broad SMARTS) is 1. The van der Waals surface area contributed by atoms with Gasteiger partial charge < -0.3 is 26.4 Å². The van der Waals surface area contributed by atoms with Crippen molar-refractivity contribution in [2.45, 2.75) is 25.3 Å². The Balaban J connectivity index is 1.41. The highest BCUT2D eigenvalue weighted by atomic mass is 35.5. The van der Waals surface area contributed by atoms with E-state index in [1.165, 1.54) is 0 Å². The van der Waals surface area contributed by atoms with E-state index in [9.17, 15) is 24.3 Å². The van der Waals surface area contributed by atoms with Gasteiger partial charge in [-0.2, -0.15) is 0 Å². The van der Waals surface area contributed by atoms with Gasteiger partial charge in [0.2, 0.25) is 11.8 Å². The first-order valence-corrected chi connectivity index (χ1v) is 12.4. The summed E-state index contributed by atoms with van der Waals surface area (Å²) in [6.45, 7) is -0.0486. The lowest BCUT2D eigenvalue weighted by Crippen LogP contribution is -2.39. The van der Waals surface area contributed by atoms with Crippen LogP contribution in [0.2, 0.25) is 5.02 Å². The van der Waals surface area contributed by atoms with E-state index in [0.717, 1.165) is 11.1 Å². The SMILES string of the molecule is O=C(O)CC(NC(=O)CNC(=O)CCCNC(=O)Nc1ccccc1Cl)c1ccc(-c2ccccc2)cc1. The van der Waals surface area contributed by atoms with E-state index in [4.69, 9.17) is 11.6 Å². The van der Waals surface area contributed by atoms with Crippen molar-refractivity contribution in [1.82, 2.24) is 16.0 Å². The number of para-hydroxylation sites is 1. The zero-order valence-electron chi connectivity index (χ0n) is 20.6. The number of hydrogen-bond acceptors (Lipinski definition) is 4. The third-order valence-corrected chi connectivity index (χ3v) is 5.90. The second-order valence-corrected chi connectivity index (χ2v) is 8.85. The number of hydrogen-bond donors (Lipinski definition) is 5. The number of halogens is 1. The molecule has 1 atom stereocenters. The van der Waals surface area contributed by atoms with Gasteiger partial charge in [0, 0.05) is 13.0 Å². The second kappa shape index (κ2) is 14.4. The van der Waals surface area contributed by atoms with E-state index in [1.54, 1.807) is 36.4 Å². The minimum absolute atomic E-state index is 0.0964. The lowest BCUT2D eigenvalue weighted by Gasteiger charge is -2.18. The van der Waals surface area contributed by atoms with Crippen LogP contribution in [0.5, 0.6) is 0 Å². The molecule has 0 saturated carbocycles. The number of carbonyl (C=O) groups excluding carboxylic acids is 3. The first-order valence-electron chi connectivity index (χ1n) is 12.0. The molecule has 9 nitrogen and oxygen atoms in total. The molecule has 198 valence electrons. The second-order valence-electron chi connectivity index (χ2n) is 8.45. The quantitative estimate of drug-likeness (QED) is 0.219. The highest BCUT2D eigenvalue weighted by Crippen LogP contribution is 2.23. The van der Waals surface area contributed by atoms with Gasteiger partial charge in [-0.1, -0.05) is 78.3 Å². The maximum Gasteiger partial charge on any atom is 0.319 e. The molecule has 0 heterocycles. The zero-order valence-corrected chi connectivity index (χ0v) is 21.3. The summed E-state index contributed by atoms with van der Waals surface area (Å²) in [7, 11) is 0. The van der Waals surface area contributed by atoms with Gasteiger partial charge in [0.1, 0.15) is 0 Å². The zero-order chi connectivity index (χ0) is 27.3. The molecule has 10 heteroatoms. The number of aliphatic carboxylic acids is 1. The summed E-state index contributed by atoms with van der Waals surface area (Å²) in [5, 5.41) is 20.2. The van der Waals surface area contributed by atoms with Crippen molar-refractivity contribution in [2.24, 2.45) is 0 Å². The Labute approximate surface area is 225 Å². The molecule has 0 bridgehead atoms. The Bertz CT molecular complexity index is 1250. The van der Waals surface area contributed by atoms with E-state index in [0.29, 0.717) is 22.7 Å². The Hall–Kier alpha value is -4.37. The number of carbonyl (C=O) groups is 4. The predicted molar refractivity (Wildman–Crippen MR) is 146 cm³/mol. The van der Waals surface area contributed by atoms with Gasteiger partial charge in [-0.05, 0) is 35.2 Å². The van der Waals surface area contributed by atoms with E-state index < -0.39 is 23.9 Å². The average molecular weight is 537 g/mol. The van der Waals surface area contributed by atoms with Gasteiger partial charge in [0.25, 0.3) is 0 Å². The largest absolute Gasteiger partial charge is 0.481 e. The van der Waals surface area contributed by atoms with Gasteiger partial charge in [-0.15, -0.1) is 0 Å². The fourth-order valence-corrected chi connectivity index (χ4v) is 3.84. The van der Waals surface area contributed by atoms with Crippen LogP contribution in [0.3, 0.4) is 0 Å². The van der Waals surface area contributed by atoms with Crippen molar-refractivity contribution in [3.05, 3.63) is 89.4 Å². The summed E-state index contributed by atoms with van der Waals surface area (Å²) in [6.07, 6.45) is 0.157. The van der Waals surface area contributed by atoms with Gasteiger partial charge in [-0.3, -0.25) is 14.4 Å². The molecule has 0 aliphatic heterocycles. The summed E-state index contributed by atoms with van der Waals surface area (Å²) in [5.74, 6) is -1.93. The van der Waals surface area contributed by atoms with E-state index in [1.807, 2.05) is 42.5 Å². The first-order chi connectivity index (χ1) is 18.3. The van der Waals surface area contributed by atoms with Gasteiger partial charge in [0.15, 0.2) is 0 Å². The van der Waals surface area contributed by atoms with Crippen molar-refractivity contribution in [1.29, 1.82) is 0 Å². The van der Waals surface area contributed by atoms with Crippen molar-refractivity contribution in [2.75, 3.05) is 18.4 Å². The van der Waals surface area contributed by atoms with Crippen molar-refractivity contribution >= 4 is 41.1 Å². The molecule has 0 radical (unpaired) electrons. The molecule has 4 amide bonds. The van der Waals surface area contributed by atoms with Gasteiger partial charge in [0.05, 0.1) is 29.7 Å². The van der Waals surface area contributed by atoms with Crippen LogP contribution >= 0.6 is 11.6 Å². The first kappa shape index (κ1) is 28.2. The molecule has 0 aliphatic rings. The van der Waals surface area contributed by atoms with E-state index >= 15 is 0 Å². The number of anilines is 1. The van der Waals surface area contributed by atoms with Crippen molar-refractivity contribution < 1.29 is 24.3 Å². The molecule has 5 N–H and O–H groups in total. The van der Waals surface area contributed by atoms with Crippen LogP contribution in [0.4, 0.5) is 10.5 Å². The summed E-state index contributed by atoms with van der Waals surface area (Å²) < 4.78 is 0. The molecule has 3 rings (SSSR count). The summed E-state index contributed by atoms with van der Waals surface area (Å²) in [5.41, 5.74) is 3.12. The summed E-state index contributed by atoms with van der Waals surface area (Å²) in [4.78, 5) is 47.8. The maximum absolute atomic E-state index is 12.4. The predicted octanol–water partition coefficient (Wildman–Crippen LogP) is 4.36. The Kier molecular flexibility index (Phi) is 10.7. The van der Waals surface area contributed by atoms with Crippen molar-refractivity contribution in [3.63, 3.8) is 0 Å². The number of nitrogens with one attached hydrogen (secondary N) is 4. The van der Waals surface area contributed by atoms with Crippen LogP contribution < -0.4 is 21.3 Å². The number of benzene rings is 3. The average Bonchev–Trinajstić information content (AvgIpc) is 2.91. The normalized spacial score (nSPS) is 11.2. The molecular weight excluding hydrogens is 508 g/mol. The molecular formula is C28H29ClN4O5. The van der Waals surface area contributed by atoms with Crippen LogP contribution in [0.15, 0.2) is 78.9 Å². The maximum atomic E-state index is 12.4.